The minimum absolute atomic E-state index is 0.160. The second-order valence-electron chi connectivity index (χ2n) is 11.5. The smallest absolute Gasteiger partial charge is 0.407 e. The number of nitrogens with one attached hydrogen (secondary N) is 1. The molecule has 1 amide bonds. The van der Waals surface area contributed by atoms with Crippen LogP contribution in [0.3, 0.4) is 0 Å². The lowest BCUT2D eigenvalue weighted by Crippen LogP contribution is -2.49. The van der Waals surface area contributed by atoms with Crippen molar-refractivity contribution < 1.29 is 19.1 Å². The minimum Gasteiger partial charge on any atom is -0.465 e. The Kier molecular flexibility index (Phi) is 8.39. The quantitative estimate of drug-likeness (QED) is 0.266. The van der Waals surface area contributed by atoms with E-state index in [-0.39, 0.29) is 41.3 Å². The Balaban J connectivity index is 1.61. The molecule has 1 atom stereocenters. The van der Waals surface area contributed by atoms with Gasteiger partial charge in [0.1, 0.15) is 28.0 Å². The number of anilines is 1. The third kappa shape index (κ3) is 6.18. The molecule has 0 saturated carbocycles. The molecule has 1 N–H and O–H groups in total. The van der Waals surface area contributed by atoms with E-state index in [4.69, 9.17) is 9.47 Å². The molecule has 3 aromatic heterocycles. The van der Waals surface area contributed by atoms with Gasteiger partial charge in [0, 0.05) is 30.7 Å². The maximum Gasteiger partial charge on any atom is 0.407 e. The van der Waals surface area contributed by atoms with Gasteiger partial charge in [-0.1, -0.05) is 30.2 Å². The number of benzene rings is 1. The summed E-state index contributed by atoms with van der Waals surface area (Å²) in [6.45, 7) is 8.50. The number of rotatable bonds is 6. The molecule has 1 fully saturated rings. The molecule has 224 valence electrons. The molecular formula is C32H36N6O5. The number of methoxy groups -OCH3 is 1. The Bertz CT molecular complexity index is 1800. The summed E-state index contributed by atoms with van der Waals surface area (Å²) >= 11 is 0. The van der Waals surface area contributed by atoms with Gasteiger partial charge in [0.15, 0.2) is 0 Å². The SMILES string of the molecule is CC#CCn1c(N2CCC[C@H](NC(=O)OC(C)(C)C)C2)c(C(=O)OC)c2ncn(Cc3nccc4ccccc34)c(=O)c21. The van der Waals surface area contributed by atoms with Gasteiger partial charge < -0.3 is 24.3 Å². The van der Waals surface area contributed by atoms with Crippen LogP contribution in [0.5, 0.6) is 0 Å². The number of ether oxygens (including phenoxy) is 2. The molecule has 1 aliphatic heterocycles. The van der Waals surface area contributed by atoms with Crippen molar-refractivity contribution in [1.82, 2.24) is 24.4 Å². The van der Waals surface area contributed by atoms with Crippen molar-refractivity contribution in [2.24, 2.45) is 0 Å². The zero-order chi connectivity index (χ0) is 30.7. The zero-order valence-electron chi connectivity index (χ0n) is 25.1. The molecule has 11 heteroatoms. The van der Waals surface area contributed by atoms with Crippen LogP contribution in [-0.2, 0) is 22.6 Å². The number of hydrogen-bond acceptors (Lipinski definition) is 8. The number of amides is 1. The number of alkyl carbamates (subject to hydrolysis) is 1. The van der Waals surface area contributed by atoms with Crippen LogP contribution in [-0.4, -0.2) is 63.0 Å². The molecule has 5 rings (SSSR count). The van der Waals surface area contributed by atoms with E-state index in [1.165, 1.54) is 18.0 Å². The van der Waals surface area contributed by atoms with Gasteiger partial charge in [-0.15, -0.1) is 5.92 Å². The average molecular weight is 585 g/mol. The van der Waals surface area contributed by atoms with Gasteiger partial charge in [0.2, 0.25) is 0 Å². The van der Waals surface area contributed by atoms with E-state index in [0.717, 1.165) is 29.3 Å². The van der Waals surface area contributed by atoms with Crippen LogP contribution in [0.1, 0.15) is 56.6 Å². The van der Waals surface area contributed by atoms with Crippen LogP contribution in [0.15, 0.2) is 47.7 Å². The molecule has 0 bridgehead atoms. The third-order valence-corrected chi connectivity index (χ3v) is 7.32. The first kappa shape index (κ1) is 29.6. The lowest BCUT2D eigenvalue weighted by Gasteiger charge is -2.35. The molecule has 0 radical (unpaired) electrons. The molecule has 1 saturated heterocycles. The number of hydrogen-bond donors (Lipinski definition) is 1. The zero-order valence-corrected chi connectivity index (χ0v) is 25.1. The molecular weight excluding hydrogens is 548 g/mol. The number of esters is 1. The highest BCUT2D eigenvalue weighted by Gasteiger charge is 2.33. The van der Waals surface area contributed by atoms with Crippen molar-refractivity contribution >= 4 is 39.7 Å². The molecule has 0 unspecified atom stereocenters. The Morgan fingerprint density at radius 3 is 2.70 bits per heavy atom. The van der Waals surface area contributed by atoms with Gasteiger partial charge in [-0.05, 0) is 52.0 Å². The van der Waals surface area contributed by atoms with E-state index >= 15 is 0 Å². The summed E-state index contributed by atoms with van der Waals surface area (Å²) in [5.74, 6) is 5.83. The van der Waals surface area contributed by atoms with Gasteiger partial charge in [-0.2, -0.15) is 0 Å². The Hall–Kier alpha value is -4.85. The van der Waals surface area contributed by atoms with Crippen LogP contribution in [0, 0.1) is 11.8 Å². The number of carbonyl (C=O) groups is 2. The molecule has 1 aliphatic rings. The van der Waals surface area contributed by atoms with Gasteiger partial charge in [0.25, 0.3) is 5.56 Å². The van der Waals surface area contributed by atoms with Crippen LogP contribution in [0.2, 0.25) is 0 Å². The molecule has 43 heavy (non-hydrogen) atoms. The number of aromatic nitrogens is 4. The first-order valence-corrected chi connectivity index (χ1v) is 14.3. The second-order valence-corrected chi connectivity index (χ2v) is 11.5. The van der Waals surface area contributed by atoms with Crippen molar-refractivity contribution in [3.05, 3.63) is 64.5 Å². The van der Waals surface area contributed by atoms with Crippen LogP contribution >= 0.6 is 0 Å². The van der Waals surface area contributed by atoms with Crippen molar-refractivity contribution in [2.45, 2.75) is 65.3 Å². The largest absolute Gasteiger partial charge is 0.465 e. The monoisotopic (exact) mass is 584 g/mol. The van der Waals surface area contributed by atoms with Crippen molar-refractivity contribution in [3.8, 4) is 11.8 Å². The fourth-order valence-electron chi connectivity index (χ4n) is 5.53. The van der Waals surface area contributed by atoms with Crippen molar-refractivity contribution in [1.29, 1.82) is 0 Å². The average Bonchev–Trinajstić information content (AvgIpc) is 3.31. The van der Waals surface area contributed by atoms with Gasteiger partial charge in [0.05, 0.1) is 32.2 Å². The second kappa shape index (κ2) is 12.2. The van der Waals surface area contributed by atoms with E-state index in [9.17, 15) is 14.4 Å². The highest BCUT2D eigenvalue weighted by atomic mass is 16.6. The van der Waals surface area contributed by atoms with Gasteiger partial charge in [-0.25, -0.2) is 14.6 Å². The predicted octanol–water partition coefficient (Wildman–Crippen LogP) is 4.10. The highest BCUT2D eigenvalue weighted by Crippen LogP contribution is 2.33. The summed E-state index contributed by atoms with van der Waals surface area (Å²) in [5.41, 5.74) is 0.468. The topological polar surface area (TPSA) is 121 Å². The van der Waals surface area contributed by atoms with Crippen molar-refractivity contribution in [3.63, 3.8) is 0 Å². The fraction of sp³-hybridized carbons (Fsp3) is 0.406. The van der Waals surface area contributed by atoms with Crippen LogP contribution in [0.4, 0.5) is 10.6 Å². The van der Waals surface area contributed by atoms with Gasteiger partial charge in [-0.3, -0.25) is 14.3 Å². The van der Waals surface area contributed by atoms with E-state index in [1.807, 2.05) is 56.0 Å². The first-order valence-electron chi connectivity index (χ1n) is 14.3. The summed E-state index contributed by atoms with van der Waals surface area (Å²) in [7, 11) is 1.30. The van der Waals surface area contributed by atoms with E-state index in [1.54, 1.807) is 17.7 Å². The molecule has 0 aliphatic carbocycles. The summed E-state index contributed by atoms with van der Waals surface area (Å²) in [5, 5.41) is 4.91. The summed E-state index contributed by atoms with van der Waals surface area (Å²) < 4.78 is 13.9. The summed E-state index contributed by atoms with van der Waals surface area (Å²) in [6.07, 6.45) is 4.15. The number of carbonyl (C=O) groups excluding carboxylic acids is 2. The Labute approximate surface area is 249 Å². The maximum absolute atomic E-state index is 14.1. The molecule has 4 heterocycles. The molecule has 11 nitrogen and oxygen atoms in total. The molecule has 1 aromatic carbocycles. The van der Waals surface area contributed by atoms with Crippen LogP contribution in [0.25, 0.3) is 21.8 Å². The fourth-order valence-corrected chi connectivity index (χ4v) is 5.53. The Morgan fingerprint density at radius 2 is 1.95 bits per heavy atom. The number of pyridine rings is 1. The van der Waals surface area contributed by atoms with Crippen LogP contribution < -0.4 is 15.8 Å². The standard InChI is InChI=1S/C32H36N6O5/c1-6-7-17-38-27-26(34-20-37(29(27)39)19-24-23-13-9-8-11-21(23)14-15-33-24)25(30(40)42-5)28(38)36-16-10-12-22(18-36)35-31(41)43-32(2,3)4/h8-9,11,13-15,20,22H,10,12,16-19H2,1-5H3,(H,35,41)/t22-/m0/s1. The third-order valence-electron chi connectivity index (χ3n) is 7.32. The summed E-state index contributed by atoms with van der Waals surface area (Å²) in [6, 6.07) is 9.55. The number of nitrogens with zero attached hydrogens (tertiary/aromatic N) is 5. The van der Waals surface area contributed by atoms with E-state index < -0.39 is 17.7 Å². The minimum atomic E-state index is -0.630. The summed E-state index contributed by atoms with van der Waals surface area (Å²) in [4.78, 5) is 51.1. The lowest BCUT2D eigenvalue weighted by atomic mass is 10.1. The van der Waals surface area contributed by atoms with Gasteiger partial charge >= 0.3 is 12.1 Å². The highest BCUT2D eigenvalue weighted by molar-refractivity contribution is 6.08. The predicted molar refractivity (Wildman–Crippen MR) is 164 cm³/mol. The van der Waals surface area contributed by atoms with E-state index in [2.05, 4.69) is 27.1 Å². The first-order chi connectivity index (χ1) is 20.6. The number of fused-ring (bicyclic) bond motifs is 2. The lowest BCUT2D eigenvalue weighted by molar-refractivity contribution is 0.0498. The molecule has 4 aromatic rings. The normalized spacial score (nSPS) is 15.2. The Morgan fingerprint density at radius 1 is 1.16 bits per heavy atom. The maximum atomic E-state index is 14.1. The molecule has 0 spiro atoms. The van der Waals surface area contributed by atoms with E-state index in [0.29, 0.717) is 18.9 Å². The van der Waals surface area contributed by atoms with Crippen molar-refractivity contribution in [2.75, 3.05) is 25.1 Å². The number of piperidine rings is 1.